The van der Waals surface area contributed by atoms with Gasteiger partial charge in [0.1, 0.15) is 0 Å². The van der Waals surface area contributed by atoms with Crippen LogP contribution in [-0.2, 0) is 6.18 Å². The van der Waals surface area contributed by atoms with Crippen LogP contribution in [0, 0.1) is 16.7 Å². The monoisotopic (exact) mass is 268 g/mol. The molecule has 0 atom stereocenters. The summed E-state index contributed by atoms with van der Waals surface area (Å²) in [6.45, 7) is 5.23. The molecule has 2 nitrogen and oxygen atoms in total. The quantitative estimate of drug-likeness (QED) is 0.774. The highest BCUT2D eigenvalue weighted by atomic mass is 19.4. The van der Waals surface area contributed by atoms with Crippen molar-refractivity contribution in [2.24, 2.45) is 5.41 Å². The second kappa shape index (κ2) is 4.44. The molecule has 0 saturated carbocycles. The SMILES string of the molecule is CC1(C)CCN(c2cc(C#N)ccc2C(F)(F)F)C1. The van der Waals surface area contributed by atoms with Crippen molar-refractivity contribution >= 4 is 5.69 Å². The maximum absolute atomic E-state index is 13.0. The van der Waals surface area contributed by atoms with E-state index >= 15 is 0 Å². The maximum Gasteiger partial charge on any atom is 0.418 e. The van der Waals surface area contributed by atoms with Crippen LogP contribution in [0.5, 0.6) is 0 Å². The molecule has 1 fully saturated rings. The van der Waals surface area contributed by atoms with Crippen molar-refractivity contribution in [3.05, 3.63) is 29.3 Å². The smallest absolute Gasteiger partial charge is 0.370 e. The average molecular weight is 268 g/mol. The van der Waals surface area contributed by atoms with Gasteiger partial charge in [0.15, 0.2) is 0 Å². The lowest BCUT2D eigenvalue weighted by Gasteiger charge is -2.25. The summed E-state index contributed by atoms with van der Waals surface area (Å²) < 4.78 is 39.1. The van der Waals surface area contributed by atoms with Gasteiger partial charge >= 0.3 is 6.18 Å². The third-order valence-corrected chi connectivity index (χ3v) is 3.45. The fourth-order valence-electron chi connectivity index (χ4n) is 2.42. The third kappa shape index (κ3) is 2.83. The first-order chi connectivity index (χ1) is 8.73. The Labute approximate surface area is 110 Å². The van der Waals surface area contributed by atoms with Crippen LogP contribution >= 0.6 is 0 Å². The van der Waals surface area contributed by atoms with Gasteiger partial charge in [-0.2, -0.15) is 18.4 Å². The van der Waals surface area contributed by atoms with Gasteiger partial charge in [0.05, 0.1) is 22.9 Å². The van der Waals surface area contributed by atoms with Crippen molar-refractivity contribution < 1.29 is 13.2 Å². The predicted molar refractivity (Wildman–Crippen MR) is 66.8 cm³/mol. The van der Waals surface area contributed by atoms with Gasteiger partial charge in [0.2, 0.25) is 0 Å². The second-order valence-electron chi connectivity index (χ2n) is 5.68. The number of alkyl halides is 3. The molecule has 0 N–H and O–H groups in total. The molecule has 0 amide bonds. The molecule has 0 spiro atoms. The van der Waals surface area contributed by atoms with E-state index in [-0.39, 0.29) is 16.7 Å². The molecule has 1 aliphatic rings. The van der Waals surface area contributed by atoms with Crippen molar-refractivity contribution in [1.82, 2.24) is 0 Å². The van der Waals surface area contributed by atoms with Gasteiger partial charge in [-0.15, -0.1) is 0 Å². The van der Waals surface area contributed by atoms with Crippen LogP contribution in [0.2, 0.25) is 0 Å². The van der Waals surface area contributed by atoms with Gasteiger partial charge in [0, 0.05) is 13.1 Å². The van der Waals surface area contributed by atoms with Crippen LogP contribution in [0.15, 0.2) is 18.2 Å². The van der Waals surface area contributed by atoms with Gasteiger partial charge in [-0.25, -0.2) is 0 Å². The van der Waals surface area contributed by atoms with Crippen LogP contribution < -0.4 is 4.90 Å². The molecule has 0 radical (unpaired) electrons. The van der Waals surface area contributed by atoms with Crippen molar-refractivity contribution in [3.63, 3.8) is 0 Å². The van der Waals surface area contributed by atoms with Crippen LogP contribution in [0.4, 0.5) is 18.9 Å². The van der Waals surface area contributed by atoms with Crippen molar-refractivity contribution in [1.29, 1.82) is 5.26 Å². The minimum absolute atomic E-state index is 0.00547. The zero-order valence-electron chi connectivity index (χ0n) is 10.9. The summed E-state index contributed by atoms with van der Waals surface area (Å²) in [7, 11) is 0. The largest absolute Gasteiger partial charge is 0.418 e. The molecule has 1 saturated heterocycles. The highest BCUT2D eigenvalue weighted by Crippen LogP contribution is 2.40. The summed E-state index contributed by atoms with van der Waals surface area (Å²) >= 11 is 0. The lowest BCUT2D eigenvalue weighted by atomic mass is 9.93. The molecule has 0 unspecified atom stereocenters. The van der Waals surface area contributed by atoms with Crippen LogP contribution in [0.3, 0.4) is 0 Å². The molecule has 102 valence electrons. The lowest BCUT2D eigenvalue weighted by molar-refractivity contribution is -0.137. The molecule has 1 heterocycles. The van der Waals surface area contributed by atoms with Crippen LogP contribution in [-0.4, -0.2) is 13.1 Å². The van der Waals surface area contributed by atoms with E-state index in [4.69, 9.17) is 5.26 Å². The summed E-state index contributed by atoms with van der Waals surface area (Å²) in [6.07, 6.45) is -3.54. The highest BCUT2D eigenvalue weighted by molar-refractivity contribution is 5.59. The summed E-state index contributed by atoms with van der Waals surface area (Å²) in [4.78, 5) is 1.73. The average Bonchev–Trinajstić information content (AvgIpc) is 2.67. The minimum atomic E-state index is -4.39. The number of hydrogen-bond acceptors (Lipinski definition) is 2. The van der Waals surface area contributed by atoms with Gasteiger partial charge in [-0.3, -0.25) is 0 Å². The fraction of sp³-hybridized carbons (Fsp3) is 0.500. The number of hydrogen-bond donors (Lipinski definition) is 0. The van der Waals surface area contributed by atoms with Gasteiger partial charge in [-0.05, 0) is 30.0 Å². The van der Waals surface area contributed by atoms with Gasteiger partial charge in [0.25, 0.3) is 0 Å². The Hall–Kier alpha value is -1.70. The topological polar surface area (TPSA) is 27.0 Å². The first kappa shape index (κ1) is 13.7. The molecule has 2 rings (SSSR count). The Bertz CT molecular complexity index is 526. The standard InChI is InChI=1S/C14H15F3N2/c1-13(2)5-6-19(9-13)12-7-10(8-18)3-4-11(12)14(15,16)17/h3-4,7H,5-6,9H2,1-2H3. The predicted octanol–water partition coefficient (Wildman–Crippen LogP) is 3.81. The van der Waals surface area contributed by atoms with E-state index in [2.05, 4.69) is 0 Å². The van der Waals surface area contributed by atoms with E-state index in [1.165, 1.54) is 12.1 Å². The Morgan fingerprint density at radius 3 is 2.47 bits per heavy atom. The summed E-state index contributed by atoms with van der Waals surface area (Å²) in [5, 5.41) is 8.85. The Balaban J connectivity index is 2.46. The number of rotatable bonds is 1. The second-order valence-corrected chi connectivity index (χ2v) is 5.68. The number of anilines is 1. The first-order valence-electron chi connectivity index (χ1n) is 6.09. The Morgan fingerprint density at radius 2 is 2.00 bits per heavy atom. The van der Waals surface area contributed by atoms with Crippen molar-refractivity contribution in [2.75, 3.05) is 18.0 Å². The number of nitriles is 1. The molecular formula is C14H15F3N2. The summed E-state index contributed by atoms with van der Waals surface area (Å²) in [5.41, 5.74) is -0.278. The van der Waals surface area contributed by atoms with E-state index < -0.39 is 11.7 Å². The van der Waals surface area contributed by atoms with Gasteiger partial charge in [-0.1, -0.05) is 13.8 Å². The van der Waals surface area contributed by atoms with Crippen LogP contribution in [0.1, 0.15) is 31.4 Å². The van der Waals surface area contributed by atoms with E-state index in [1.807, 2.05) is 19.9 Å². The number of halogens is 3. The minimum Gasteiger partial charge on any atom is -0.370 e. The lowest BCUT2D eigenvalue weighted by Crippen LogP contribution is -2.25. The first-order valence-corrected chi connectivity index (χ1v) is 6.09. The van der Waals surface area contributed by atoms with Gasteiger partial charge < -0.3 is 4.90 Å². The third-order valence-electron chi connectivity index (χ3n) is 3.45. The zero-order valence-corrected chi connectivity index (χ0v) is 10.9. The van der Waals surface area contributed by atoms with E-state index in [9.17, 15) is 13.2 Å². The zero-order chi connectivity index (χ0) is 14.3. The van der Waals surface area contributed by atoms with Crippen molar-refractivity contribution in [3.8, 4) is 6.07 Å². The Kier molecular flexibility index (Phi) is 3.21. The summed E-state index contributed by atoms with van der Waals surface area (Å²) in [5.74, 6) is 0. The Morgan fingerprint density at radius 1 is 1.32 bits per heavy atom. The van der Waals surface area contributed by atoms with Crippen LogP contribution in [0.25, 0.3) is 0 Å². The molecule has 0 aliphatic carbocycles. The van der Waals surface area contributed by atoms with E-state index in [1.54, 1.807) is 4.90 Å². The van der Waals surface area contributed by atoms with E-state index in [0.29, 0.717) is 13.1 Å². The number of nitrogens with zero attached hydrogens (tertiary/aromatic N) is 2. The molecule has 1 aliphatic heterocycles. The summed E-state index contributed by atoms with van der Waals surface area (Å²) in [6, 6.07) is 5.45. The molecule has 1 aromatic carbocycles. The molecular weight excluding hydrogens is 253 g/mol. The van der Waals surface area contributed by atoms with E-state index in [0.717, 1.165) is 12.5 Å². The normalized spacial score (nSPS) is 18.4. The highest BCUT2D eigenvalue weighted by Gasteiger charge is 2.38. The molecule has 0 aromatic heterocycles. The fourth-order valence-corrected chi connectivity index (χ4v) is 2.42. The molecule has 19 heavy (non-hydrogen) atoms. The van der Waals surface area contributed by atoms with Crippen molar-refractivity contribution in [2.45, 2.75) is 26.4 Å². The molecule has 0 bridgehead atoms. The molecule has 1 aromatic rings. The number of benzene rings is 1. The molecule has 5 heteroatoms. The maximum atomic E-state index is 13.0.